The summed E-state index contributed by atoms with van der Waals surface area (Å²) in [4.78, 5) is 42.9. The van der Waals surface area contributed by atoms with Crippen molar-refractivity contribution in [2.75, 3.05) is 6.54 Å². The fraction of sp³-hybridized carbons (Fsp3) is 0.367. The highest BCUT2D eigenvalue weighted by Crippen LogP contribution is 2.35. The number of nitrogens with zero attached hydrogens (tertiary/aromatic N) is 5. The fourth-order valence-corrected chi connectivity index (χ4v) is 5.89. The molecule has 0 spiro atoms. The van der Waals surface area contributed by atoms with Crippen molar-refractivity contribution >= 4 is 29.3 Å². The molecule has 0 bridgehead atoms. The Labute approximate surface area is 251 Å². The maximum absolute atomic E-state index is 14.3. The van der Waals surface area contributed by atoms with Crippen molar-refractivity contribution in [2.45, 2.75) is 65.0 Å². The Kier molecular flexibility index (Phi) is 8.37. The van der Waals surface area contributed by atoms with Gasteiger partial charge in [-0.15, -0.1) is 0 Å². The van der Waals surface area contributed by atoms with Crippen LogP contribution in [0.25, 0.3) is 0 Å². The van der Waals surface area contributed by atoms with E-state index in [0.717, 1.165) is 5.69 Å². The molecule has 10 nitrogen and oxygen atoms in total. The molecule has 0 saturated carbocycles. The first-order valence-corrected chi connectivity index (χ1v) is 14.1. The number of fused-ring (bicyclic) bond motifs is 3. The van der Waals surface area contributed by atoms with E-state index in [1.165, 1.54) is 31.2 Å². The van der Waals surface area contributed by atoms with Gasteiger partial charge < -0.3 is 19.9 Å². The van der Waals surface area contributed by atoms with Crippen LogP contribution in [0.2, 0.25) is 5.02 Å². The maximum Gasteiger partial charge on any atom is 0.387 e. The van der Waals surface area contributed by atoms with Crippen LogP contribution in [0, 0.1) is 11.3 Å². The highest BCUT2D eigenvalue weighted by Gasteiger charge is 2.42. The second-order valence-electron chi connectivity index (χ2n) is 10.7. The molecule has 224 valence electrons. The van der Waals surface area contributed by atoms with Crippen molar-refractivity contribution in [1.29, 1.82) is 5.26 Å². The molecule has 3 heterocycles. The number of alkyl halides is 2. The van der Waals surface area contributed by atoms with Crippen molar-refractivity contribution in [3.63, 3.8) is 0 Å². The summed E-state index contributed by atoms with van der Waals surface area (Å²) in [5.41, 5.74) is 2.91. The van der Waals surface area contributed by atoms with Gasteiger partial charge in [-0.3, -0.25) is 19.1 Å². The topological polar surface area (TPSA) is 121 Å². The lowest BCUT2D eigenvalue weighted by Gasteiger charge is -2.41. The molecular weight excluding hydrogens is 582 g/mol. The monoisotopic (exact) mass is 610 g/mol. The van der Waals surface area contributed by atoms with Gasteiger partial charge in [-0.25, -0.2) is 0 Å². The van der Waals surface area contributed by atoms with E-state index in [1.54, 1.807) is 32.7 Å². The number of hydrogen-bond donors (Lipinski definition) is 1. The van der Waals surface area contributed by atoms with Crippen molar-refractivity contribution in [2.24, 2.45) is 0 Å². The third-order valence-corrected chi connectivity index (χ3v) is 8.21. The Bertz CT molecular complexity index is 1620. The molecule has 0 unspecified atom stereocenters. The van der Waals surface area contributed by atoms with E-state index in [4.69, 9.17) is 16.7 Å². The quantitative estimate of drug-likeness (QED) is 0.425. The van der Waals surface area contributed by atoms with E-state index in [1.807, 2.05) is 19.9 Å². The number of nitrogens with one attached hydrogen (secondary N) is 1. The van der Waals surface area contributed by atoms with Gasteiger partial charge in [0, 0.05) is 37.1 Å². The van der Waals surface area contributed by atoms with Crippen LogP contribution in [0.4, 0.5) is 8.78 Å². The van der Waals surface area contributed by atoms with Crippen LogP contribution in [0.1, 0.15) is 70.0 Å². The molecule has 0 saturated heterocycles. The van der Waals surface area contributed by atoms with Gasteiger partial charge in [0.05, 0.1) is 41.5 Å². The molecular formula is C30H29ClF2N6O4. The average Bonchev–Trinajstić information content (AvgIpc) is 3.32. The summed E-state index contributed by atoms with van der Waals surface area (Å²) in [5.74, 6) is -0.867. The zero-order chi connectivity index (χ0) is 31.0. The number of hydrogen-bond acceptors (Lipinski definition) is 6. The molecule has 0 radical (unpaired) electrons. The Morgan fingerprint density at radius 3 is 2.60 bits per heavy atom. The second kappa shape index (κ2) is 12.0. The molecule has 2 aliphatic heterocycles. The van der Waals surface area contributed by atoms with Crippen LogP contribution < -0.4 is 10.1 Å². The first-order valence-electron chi connectivity index (χ1n) is 13.7. The average molecular weight is 611 g/mol. The van der Waals surface area contributed by atoms with E-state index < -0.39 is 18.7 Å². The molecule has 43 heavy (non-hydrogen) atoms. The normalized spacial score (nSPS) is 18.5. The third kappa shape index (κ3) is 5.90. The van der Waals surface area contributed by atoms with Gasteiger partial charge >= 0.3 is 6.61 Å². The molecule has 1 aromatic heterocycles. The van der Waals surface area contributed by atoms with E-state index >= 15 is 0 Å². The highest BCUT2D eigenvalue weighted by molar-refractivity contribution is 6.31. The number of nitriles is 1. The van der Waals surface area contributed by atoms with Crippen LogP contribution in [-0.4, -0.2) is 62.5 Å². The lowest BCUT2D eigenvalue weighted by molar-refractivity contribution is -0.119. The van der Waals surface area contributed by atoms with Gasteiger partial charge in [0.25, 0.3) is 11.8 Å². The molecule has 2 aliphatic rings. The molecule has 3 atom stereocenters. The lowest BCUT2D eigenvalue weighted by atomic mass is 9.96. The number of halogens is 3. The van der Waals surface area contributed by atoms with Crippen LogP contribution in [0.15, 0.2) is 42.5 Å². The summed E-state index contributed by atoms with van der Waals surface area (Å²) in [6, 6.07) is 11.4. The molecule has 0 fully saturated rings. The Morgan fingerprint density at radius 2 is 1.95 bits per heavy atom. The number of carbonyl (C=O) groups is 3. The minimum Gasteiger partial charge on any atom is -0.435 e. The third-order valence-electron chi connectivity index (χ3n) is 7.88. The standard InChI is InChI=1S/C30H29ClF2N6O4/c1-16-10-26-24(15-37(16)28(41)20-6-9-25(31)21(11-20)12-34)27-29(42)39(22(13-35-18(3)40)14-38(27)36-26)17(2)19-4-7-23(8-5-19)43-30(32)33/h4-9,11,16-17,22,30H,10,13-15H2,1-3H3,(H,35,40)/t16-,17-,22-/m1/s1. The van der Waals surface area contributed by atoms with E-state index in [0.29, 0.717) is 35.3 Å². The second-order valence-corrected chi connectivity index (χ2v) is 11.1. The van der Waals surface area contributed by atoms with Crippen molar-refractivity contribution in [3.05, 3.63) is 81.1 Å². The Morgan fingerprint density at radius 1 is 1.23 bits per heavy atom. The van der Waals surface area contributed by atoms with Crippen LogP contribution in [0.3, 0.4) is 0 Å². The van der Waals surface area contributed by atoms with E-state index in [2.05, 4.69) is 10.1 Å². The molecule has 0 aliphatic carbocycles. The summed E-state index contributed by atoms with van der Waals surface area (Å²) < 4.78 is 31.4. The molecule has 5 rings (SSSR count). The van der Waals surface area contributed by atoms with Gasteiger partial charge in [-0.1, -0.05) is 23.7 Å². The number of carbonyl (C=O) groups excluding carboxylic acids is 3. The Balaban J connectivity index is 1.48. The number of rotatable bonds is 7. The number of aromatic nitrogens is 2. The predicted octanol–water partition coefficient (Wildman–Crippen LogP) is 4.32. The zero-order valence-electron chi connectivity index (χ0n) is 23.7. The largest absolute Gasteiger partial charge is 0.435 e. The Hall–Kier alpha value is -4.50. The summed E-state index contributed by atoms with van der Waals surface area (Å²) in [5, 5.41) is 17.2. The predicted molar refractivity (Wildman–Crippen MR) is 152 cm³/mol. The van der Waals surface area contributed by atoms with Crippen molar-refractivity contribution in [1.82, 2.24) is 24.9 Å². The lowest BCUT2D eigenvalue weighted by Crippen LogP contribution is -2.54. The smallest absolute Gasteiger partial charge is 0.387 e. The minimum atomic E-state index is -2.96. The number of ether oxygens (including phenoxy) is 1. The van der Waals surface area contributed by atoms with Gasteiger partial charge in [0.2, 0.25) is 5.91 Å². The molecule has 13 heteroatoms. The van der Waals surface area contributed by atoms with Gasteiger partial charge in [0.15, 0.2) is 0 Å². The van der Waals surface area contributed by atoms with Gasteiger partial charge in [-0.05, 0) is 49.7 Å². The van der Waals surface area contributed by atoms with Crippen molar-refractivity contribution in [3.8, 4) is 11.8 Å². The SMILES string of the molecule is CC(=O)NC[C@@H]1Cn2nc3c(c2C(=O)N1[C@H](C)c1ccc(OC(F)F)cc1)CN(C(=O)c1ccc(Cl)c(C#N)c1)[C@H](C)C3. The van der Waals surface area contributed by atoms with E-state index in [9.17, 15) is 28.4 Å². The molecule has 3 aromatic rings. The van der Waals surface area contributed by atoms with Crippen LogP contribution >= 0.6 is 11.6 Å². The summed E-state index contributed by atoms with van der Waals surface area (Å²) in [6.07, 6.45) is 0.421. The first kappa shape index (κ1) is 30.0. The van der Waals surface area contributed by atoms with Gasteiger partial charge in [0.1, 0.15) is 17.5 Å². The molecule has 3 amide bonds. The summed E-state index contributed by atoms with van der Waals surface area (Å²) in [6.45, 7) is 2.78. The van der Waals surface area contributed by atoms with Gasteiger partial charge in [-0.2, -0.15) is 19.1 Å². The summed E-state index contributed by atoms with van der Waals surface area (Å²) in [7, 11) is 0. The summed E-state index contributed by atoms with van der Waals surface area (Å²) >= 11 is 6.07. The number of benzene rings is 2. The fourth-order valence-electron chi connectivity index (χ4n) is 5.73. The highest BCUT2D eigenvalue weighted by atomic mass is 35.5. The van der Waals surface area contributed by atoms with Crippen molar-refractivity contribution < 1.29 is 27.9 Å². The first-order chi connectivity index (χ1) is 20.5. The molecule has 2 aromatic carbocycles. The zero-order valence-corrected chi connectivity index (χ0v) is 24.4. The van der Waals surface area contributed by atoms with Crippen LogP contribution in [-0.2, 0) is 24.3 Å². The molecule has 1 N–H and O–H groups in total. The maximum atomic E-state index is 14.3. The minimum absolute atomic E-state index is 0.000630. The van der Waals surface area contributed by atoms with E-state index in [-0.39, 0.29) is 53.2 Å². The number of amides is 3. The van der Waals surface area contributed by atoms with Crippen LogP contribution in [0.5, 0.6) is 5.75 Å².